The summed E-state index contributed by atoms with van der Waals surface area (Å²) in [6.45, 7) is 3.22. The summed E-state index contributed by atoms with van der Waals surface area (Å²) >= 11 is 0. The van der Waals surface area contributed by atoms with Gasteiger partial charge in [0.25, 0.3) is 0 Å². The zero-order chi connectivity index (χ0) is 13.9. The first kappa shape index (κ1) is 13.9. The second-order valence-corrected chi connectivity index (χ2v) is 6.77. The van der Waals surface area contributed by atoms with E-state index in [4.69, 9.17) is 10.5 Å². The lowest BCUT2D eigenvalue weighted by atomic mass is 9.77. The predicted octanol–water partition coefficient (Wildman–Crippen LogP) is 3.71. The molecule has 1 heterocycles. The molecule has 110 valence electrons. The standard InChI is InChI=1S/C18H27NO/c1-13-3-2-4-15(11-13)17(19)7-5-14-6-8-18-16(12-14)9-10-20-18/h6,8,12-13,15,17H,2-5,7,9-11,19H2,1H3. The molecule has 2 heteroatoms. The van der Waals surface area contributed by atoms with Crippen LogP contribution in [0.3, 0.4) is 0 Å². The van der Waals surface area contributed by atoms with E-state index in [-0.39, 0.29) is 0 Å². The molecule has 3 atom stereocenters. The summed E-state index contributed by atoms with van der Waals surface area (Å²) in [5, 5.41) is 0. The monoisotopic (exact) mass is 273 g/mol. The fourth-order valence-corrected chi connectivity index (χ4v) is 3.83. The SMILES string of the molecule is CC1CCCC(C(N)CCc2ccc3c(c2)CCO3)C1. The Morgan fingerprint density at radius 1 is 1.35 bits per heavy atom. The Morgan fingerprint density at radius 2 is 2.25 bits per heavy atom. The predicted molar refractivity (Wildman–Crippen MR) is 83.1 cm³/mol. The van der Waals surface area contributed by atoms with Crippen LogP contribution in [0, 0.1) is 11.8 Å². The zero-order valence-electron chi connectivity index (χ0n) is 12.6. The van der Waals surface area contributed by atoms with E-state index in [1.807, 2.05) is 0 Å². The first-order valence-electron chi connectivity index (χ1n) is 8.22. The topological polar surface area (TPSA) is 35.2 Å². The van der Waals surface area contributed by atoms with Crippen LogP contribution in [-0.2, 0) is 12.8 Å². The fourth-order valence-electron chi connectivity index (χ4n) is 3.83. The third-order valence-electron chi connectivity index (χ3n) is 5.10. The van der Waals surface area contributed by atoms with Gasteiger partial charge < -0.3 is 10.5 Å². The van der Waals surface area contributed by atoms with Crippen LogP contribution in [0.4, 0.5) is 0 Å². The number of ether oxygens (including phenoxy) is 1. The van der Waals surface area contributed by atoms with Crippen molar-refractivity contribution < 1.29 is 4.74 Å². The summed E-state index contributed by atoms with van der Waals surface area (Å²) in [6.07, 6.45) is 8.73. The highest BCUT2D eigenvalue weighted by Gasteiger charge is 2.24. The Balaban J connectivity index is 1.53. The van der Waals surface area contributed by atoms with Gasteiger partial charge in [0.05, 0.1) is 6.61 Å². The van der Waals surface area contributed by atoms with Gasteiger partial charge in [0.2, 0.25) is 0 Å². The summed E-state index contributed by atoms with van der Waals surface area (Å²) in [7, 11) is 0. The lowest BCUT2D eigenvalue weighted by Gasteiger charge is -2.31. The summed E-state index contributed by atoms with van der Waals surface area (Å²) in [6, 6.07) is 7.03. The van der Waals surface area contributed by atoms with E-state index in [1.54, 1.807) is 0 Å². The zero-order valence-corrected chi connectivity index (χ0v) is 12.6. The molecule has 0 aromatic heterocycles. The number of rotatable bonds is 4. The minimum atomic E-state index is 0.377. The average Bonchev–Trinajstić information content (AvgIpc) is 2.92. The highest BCUT2D eigenvalue weighted by Crippen LogP contribution is 2.32. The van der Waals surface area contributed by atoms with Gasteiger partial charge in [-0.05, 0) is 54.7 Å². The molecule has 0 radical (unpaired) electrons. The highest BCUT2D eigenvalue weighted by atomic mass is 16.5. The molecule has 3 rings (SSSR count). The first-order valence-corrected chi connectivity index (χ1v) is 8.22. The van der Waals surface area contributed by atoms with Crippen LogP contribution in [0.1, 0.15) is 50.2 Å². The molecular formula is C18H27NO. The summed E-state index contributed by atoms with van der Waals surface area (Å²) in [5.74, 6) is 2.70. The summed E-state index contributed by atoms with van der Waals surface area (Å²) in [5.41, 5.74) is 9.25. The van der Waals surface area contributed by atoms with Gasteiger partial charge in [-0.25, -0.2) is 0 Å². The van der Waals surface area contributed by atoms with Gasteiger partial charge in [0.15, 0.2) is 0 Å². The smallest absolute Gasteiger partial charge is 0.122 e. The van der Waals surface area contributed by atoms with E-state index in [9.17, 15) is 0 Å². The normalized spacial score (nSPS) is 26.9. The van der Waals surface area contributed by atoms with Crippen molar-refractivity contribution in [3.63, 3.8) is 0 Å². The van der Waals surface area contributed by atoms with Crippen LogP contribution in [-0.4, -0.2) is 12.6 Å². The number of hydrogen-bond acceptors (Lipinski definition) is 2. The molecule has 1 aromatic carbocycles. The second kappa shape index (κ2) is 6.17. The molecule has 0 spiro atoms. The van der Waals surface area contributed by atoms with E-state index >= 15 is 0 Å². The number of aryl methyl sites for hydroxylation is 1. The van der Waals surface area contributed by atoms with E-state index in [0.717, 1.165) is 43.5 Å². The Kier molecular flexibility index (Phi) is 4.30. The van der Waals surface area contributed by atoms with Crippen molar-refractivity contribution in [3.8, 4) is 5.75 Å². The number of hydrogen-bond donors (Lipinski definition) is 1. The van der Waals surface area contributed by atoms with Crippen LogP contribution in [0.5, 0.6) is 5.75 Å². The molecule has 2 nitrogen and oxygen atoms in total. The van der Waals surface area contributed by atoms with Gasteiger partial charge in [0.1, 0.15) is 5.75 Å². The van der Waals surface area contributed by atoms with Crippen molar-refractivity contribution in [2.75, 3.05) is 6.61 Å². The van der Waals surface area contributed by atoms with Crippen molar-refractivity contribution in [1.82, 2.24) is 0 Å². The first-order chi connectivity index (χ1) is 9.72. The Hall–Kier alpha value is -1.02. The van der Waals surface area contributed by atoms with Gasteiger partial charge in [-0.1, -0.05) is 31.9 Å². The third kappa shape index (κ3) is 3.17. The number of fused-ring (bicyclic) bond motifs is 1. The van der Waals surface area contributed by atoms with Crippen molar-refractivity contribution in [3.05, 3.63) is 29.3 Å². The molecule has 1 aliphatic carbocycles. The molecule has 1 aromatic rings. The molecule has 0 bridgehead atoms. The largest absolute Gasteiger partial charge is 0.493 e. The summed E-state index contributed by atoms with van der Waals surface area (Å²) in [4.78, 5) is 0. The van der Waals surface area contributed by atoms with Gasteiger partial charge in [-0.3, -0.25) is 0 Å². The van der Waals surface area contributed by atoms with Gasteiger partial charge in [-0.15, -0.1) is 0 Å². The molecule has 0 saturated heterocycles. The molecule has 1 fully saturated rings. The Bertz CT molecular complexity index is 457. The van der Waals surface area contributed by atoms with Gasteiger partial charge in [0, 0.05) is 12.5 Å². The van der Waals surface area contributed by atoms with E-state index in [1.165, 1.54) is 36.8 Å². The average molecular weight is 273 g/mol. The molecule has 2 aliphatic rings. The molecule has 1 saturated carbocycles. The third-order valence-corrected chi connectivity index (χ3v) is 5.10. The lowest BCUT2D eigenvalue weighted by Crippen LogP contribution is -2.33. The fraction of sp³-hybridized carbons (Fsp3) is 0.667. The van der Waals surface area contributed by atoms with Crippen LogP contribution in [0.25, 0.3) is 0 Å². The summed E-state index contributed by atoms with van der Waals surface area (Å²) < 4.78 is 5.56. The second-order valence-electron chi connectivity index (χ2n) is 6.77. The van der Waals surface area contributed by atoms with E-state index in [2.05, 4.69) is 25.1 Å². The minimum Gasteiger partial charge on any atom is -0.493 e. The van der Waals surface area contributed by atoms with Crippen LogP contribution < -0.4 is 10.5 Å². The van der Waals surface area contributed by atoms with Gasteiger partial charge in [-0.2, -0.15) is 0 Å². The maximum absolute atomic E-state index is 6.45. The van der Waals surface area contributed by atoms with Crippen LogP contribution in [0.2, 0.25) is 0 Å². The van der Waals surface area contributed by atoms with Crippen LogP contribution >= 0.6 is 0 Å². The maximum Gasteiger partial charge on any atom is 0.122 e. The number of nitrogens with two attached hydrogens (primary N) is 1. The Morgan fingerprint density at radius 3 is 3.10 bits per heavy atom. The molecule has 3 unspecified atom stereocenters. The van der Waals surface area contributed by atoms with Crippen molar-refractivity contribution in [2.45, 2.75) is 57.9 Å². The van der Waals surface area contributed by atoms with Crippen molar-refractivity contribution in [2.24, 2.45) is 17.6 Å². The lowest BCUT2D eigenvalue weighted by molar-refractivity contribution is 0.240. The molecule has 2 N–H and O–H groups in total. The Labute approximate surface area is 122 Å². The van der Waals surface area contributed by atoms with Crippen molar-refractivity contribution in [1.29, 1.82) is 0 Å². The quantitative estimate of drug-likeness (QED) is 0.907. The van der Waals surface area contributed by atoms with Crippen molar-refractivity contribution >= 4 is 0 Å². The van der Waals surface area contributed by atoms with E-state index < -0.39 is 0 Å². The highest BCUT2D eigenvalue weighted by molar-refractivity contribution is 5.39. The molecule has 0 amide bonds. The molecule has 20 heavy (non-hydrogen) atoms. The van der Waals surface area contributed by atoms with Crippen LogP contribution in [0.15, 0.2) is 18.2 Å². The van der Waals surface area contributed by atoms with Gasteiger partial charge >= 0.3 is 0 Å². The van der Waals surface area contributed by atoms with E-state index in [0.29, 0.717) is 6.04 Å². The maximum atomic E-state index is 6.45. The minimum absolute atomic E-state index is 0.377. The number of benzene rings is 1. The molecular weight excluding hydrogens is 246 g/mol. The molecule has 1 aliphatic heterocycles.